The monoisotopic (exact) mass is 235 g/mol. The zero-order chi connectivity index (χ0) is 12.0. The standard InChI is InChI=1S/C11H9NO3S/c1-9(13)16-8-4-6-10-5-2-3-7-11(10)12(14)15/h2-3,5,7H,8H2,1H3. The maximum absolute atomic E-state index is 10.6. The van der Waals surface area contributed by atoms with E-state index >= 15 is 0 Å². The van der Waals surface area contributed by atoms with E-state index in [0.717, 1.165) is 11.8 Å². The second-order valence-electron chi connectivity index (χ2n) is 2.86. The molecule has 0 aliphatic carbocycles. The van der Waals surface area contributed by atoms with Gasteiger partial charge in [0.1, 0.15) is 5.56 Å². The van der Waals surface area contributed by atoms with E-state index in [1.165, 1.54) is 13.0 Å². The van der Waals surface area contributed by atoms with Gasteiger partial charge in [0.05, 0.1) is 10.7 Å². The molecule has 0 aromatic heterocycles. The first-order valence-corrected chi connectivity index (χ1v) is 5.45. The van der Waals surface area contributed by atoms with Crippen LogP contribution in [0.3, 0.4) is 0 Å². The molecular weight excluding hydrogens is 226 g/mol. The third-order valence-corrected chi connectivity index (χ3v) is 2.37. The molecule has 0 aliphatic heterocycles. The Balaban J connectivity index is 2.80. The number of hydrogen-bond donors (Lipinski definition) is 0. The molecule has 0 heterocycles. The predicted octanol–water partition coefficient (Wildman–Crippen LogP) is 2.23. The number of para-hydroxylation sites is 1. The minimum absolute atomic E-state index is 0.0113. The van der Waals surface area contributed by atoms with Crippen molar-refractivity contribution >= 4 is 22.6 Å². The number of thioether (sulfide) groups is 1. The molecule has 4 nitrogen and oxygen atoms in total. The summed E-state index contributed by atoms with van der Waals surface area (Å²) >= 11 is 1.08. The van der Waals surface area contributed by atoms with E-state index in [0.29, 0.717) is 11.3 Å². The highest BCUT2D eigenvalue weighted by Gasteiger charge is 2.09. The van der Waals surface area contributed by atoms with Crippen LogP contribution in [0.5, 0.6) is 0 Å². The minimum Gasteiger partial charge on any atom is -0.288 e. The van der Waals surface area contributed by atoms with Gasteiger partial charge in [-0.2, -0.15) is 0 Å². The Bertz CT molecular complexity index is 474. The molecule has 0 amide bonds. The predicted molar refractivity (Wildman–Crippen MR) is 63.1 cm³/mol. The summed E-state index contributed by atoms with van der Waals surface area (Å²) in [5.41, 5.74) is 0.361. The number of benzene rings is 1. The van der Waals surface area contributed by atoms with Crippen LogP contribution >= 0.6 is 11.8 Å². The average Bonchev–Trinajstić information content (AvgIpc) is 2.24. The van der Waals surface area contributed by atoms with Crippen molar-refractivity contribution in [3.8, 4) is 11.8 Å². The van der Waals surface area contributed by atoms with Crippen LogP contribution < -0.4 is 0 Å². The second kappa shape index (κ2) is 5.93. The molecule has 0 aliphatic rings. The number of carbonyl (C=O) groups excluding carboxylic acids is 1. The van der Waals surface area contributed by atoms with Gasteiger partial charge in [0, 0.05) is 13.0 Å². The van der Waals surface area contributed by atoms with Crippen LogP contribution in [0.25, 0.3) is 0 Å². The summed E-state index contributed by atoms with van der Waals surface area (Å²) in [6.45, 7) is 1.46. The van der Waals surface area contributed by atoms with Gasteiger partial charge in [0.25, 0.3) is 5.69 Å². The van der Waals surface area contributed by atoms with E-state index in [2.05, 4.69) is 11.8 Å². The van der Waals surface area contributed by atoms with E-state index in [1.807, 2.05) is 0 Å². The van der Waals surface area contributed by atoms with E-state index in [-0.39, 0.29) is 10.8 Å². The van der Waals surface area contributed by atoms with Gasteiger partial charge in [0.2, 0.25) is 0 Å². The fraction of sp³-hybridized carbons (Fsp3) is 0.182. The SMILES string of the molecule is CC(=O)SCC#Cc1ccccc1[N+](=O)[O-]. The van der Waals surface area contributed by atoms with E-state index < -0.39 is 4.92 Å². The molecule has 0 unspecified atom stereocenters. The van der Waals surface area contributed by atoms with Crippen LogP contribution in [0, 0.1) is 22.0 Å². The van der Waals surface area contributed by atoms with Gasteiger partial charge in [0.15, 0.2) is 5.12 Å². The molecule has 16 heavy (non-hydrogen) atoms. The van der Waals surface area contributed by atoms with Crippen LogP contribution in [-0.2, 0) is 4.79 Å². The van der Waals surface area contributed by atoms with Crippen LogP contribution in [0.15, 0.2) is 24.3 Å². The van der Waals surface area contributed by atoms with Crippen molar-refractivity contribution in [2.45, 2.75) is 6.92 Å². The largest absolute Gasteiger partial charge is 0.288 e. The van der Waals surface area contributed by atoms with E-state index in [1.54, 1.807) is 18.2 Å². The third kappa shape index (κ3) is 3.75. The Morgan fingerprint density at radius 2 is 2.19 bits per heavy atom. The van der Waals surface area contributed by atoms with E-state index in [4.69, 9.17) is 0 Å². The van der Waals surface area contributed by atoms with Gasteiger partial charge in [-0.05, 0) is 6.07 Å². The van der Waals surface area contributed by atoms with Crippen molar-refractivity contribution in [1.82, 2.24) is 0 Å². The fourth-order valence-corrected chi connectivity index (χ4v) is 1.36. The zero-order valence-corrected chi connectivity index (χ0v) is 9.41. The summed E-state index contributed by atoms with van der Waals surface area (Å²) in [4.78, 5) is 20.8. The summed E-state index contributed by atoms with van der Waals surface area (Å²) in [6, 6.07) is 6.27. The molecule has 0 atom stereocenters. The van der Waals surface area contributed by atoms with Crippen LogP contribution in [0.2, 0.25) is 0 Å². The summed E-state index contributed by atoms with van der Waals surface area (Å²) in [6.07, 6.45) is 0. The fourth-order valence-electron chi connectivity index (χ4n) is 1.01. The first-order chi connectivity index (χ1) is 7.61. The third-order valence-electron chi connectivity index (χ3n) is 1.67. The van der Waals surface area contributed by atoms with E-state index in [9.17, 15) is 14.9 Å². The van der Waals surface area contributed by atoms with Crippen molar-refractivity contribution in [2.24, 2.45) is 0 Å². The highest BCUT2D eigenvalue weighted by molar-refractivity contribution is 8.13. The lowest BCUT2D eigenvalue weighted by atomic mass is 10.2. The Labute approximate surface area is 97.2 Å². The molecule has 0 saturated carbocycles. The van der Waals surface area contributed by atoms with Gasteiger partial charge >= 0.3 is 0 Å². The molecule has 0 fully saturated rings. The highest BCUT2D eigenvalue weighted by Crippen LogP contribution is 2.15. The lowest BCUT2D eigenvalue weighted by Gasteiger charge is -1.93. The maximum Gasteiger partial charge on any atom is 0.284 e. The molecule has 5 heteroatoms. The van der Waals surface area contributed by atoms with Crippen LogP contribution in [-0.4, -0.2) is 15.8 Å². The number of nitro benzene ring substituents is 1. The Hall–Kier alpha value is -1.80. The molecule has 1 rings (SSSR count). The second-order valence-corrected chi connectivity index (χ2v) is 4.01. The quantitative estimate of drug-likeness (QED) is 0.448. The molecule has 82 valence electrons. The van der Waals surface area contributed by atoms with Crippen LogP contribution in [0.4, 0.5) is 5.69 Å². The molecule has 1 aromatic rings. The van der Waals surface area contributed by atoms with Crippen molar-refractivity contribution in [1.29, 1.82) is 0 Å². The summed E-state index contributed by atoms with van der Waals surface area (Å²) < 4.78 is 0. The summed E-state index contributed by atoms with van der Waals surface area (Å²) in [5.74, 6) is 5.75. The Morgan fingerprint density at radius 3 is 2.81 bits per heavy atom. The Morgan fingerprint density at radius 1 is 1.50 bits per heavy atom. The van der Waals surface area contributed by atoms with Gasteiger partial charge in [-0.15, -0.1) is 0 Å². The molecule has 0 N–H and O–H groups in total. The van der Waals surface area contributed by atoms with Gasteiger partial charge < -0.3 is 0 Å². The average molecular weight is 235 g/mol. The molecule has 0 spiro atoms. The summed E-state index contributed by atoms with van der Waals surface area (Å²) in [7, 11) is 0. The van der Waals surface area contributed by atoms with Crippen LogP contribution in [0.1, 0.15) is 12.5 Å². The first-order valence-electron chi connectivity index (χ1n) is 4.47. The van der Waals surface area contributed by atoms with Crippen molar-refractivity contribution < 1.29 is 9.72 Å². The van der Waals surface area contributed by atoms with Crippen molar-refractivity contribution in [3.63, 3.8) is 0 Å². The summed E-state index contributed by atoms with van der Waals surface area (Å²) in [5, 5.41) is 10.6. The van der Waals surface area contributed by atoms with Gasteiger partial charge in [-0.3, -0.25) is 14.9 Å². The molecule has 0 saturated heterocycles. The number of nitro groups is 1. The number of rotatable bonds is 2. The lowest BCUT2D eigenvalue weighted by molar-refractivity contribution is -0.385. The minimum atomic E-state index is -0.470. The van der Waals surface area contributed by atoms with Gasteiger partial charge in [-0.25, -0.2) is 0 Å². The zero-order valence-electron chi connectivity index (χ0n) is 8.60. The maximum atomic E-state index is 10.6. The normalized spacial score (nSPS) is 9.06. The topological polar surface area (TPSA) is 60.2 Å². The molecule has 1 aromatic carbocycles. The molecule has 0 bridgehead atoms. The lowest BCUT2D eigenvalue weighted by Crippen LogP contribution is -1.91. The first kappa shape index (κ1) is 12.3. The van der Waals surface area contributed by atoms with Crippen molar-refractivity contribution in [3.05, 3.63) is 39.9 Å². The number of hydrogen-bond acceptors (Lipinski definition) is 4. The van der Waals surface area contributed by atoms with Gasteiger partial charge in [-0.1, -0.05) is 35.7 Å². The highest BCUT2D eigenvalue weighted by atomic mass is 32.2. The Kier molecular flexibility index (Phi) is 4.55. The molecule has 0 radical (unpaired) electrons. The number of nitrogens with zero attached hydrogens (tertiary/aromatic N) is 1. The van der Waals surface area contributed by atoms with Crippen molar-refractivity contribution in [2.75, 3.05) is 5.75 Å². The molecular formula is C11H9NO3S. The smallest absolute Gasteiger partial charge is 0.284 e. The number of carbonyl (C=O) groups is 1.